The van der Waals surface area contributed by atoms with E-state index >= 15 is 0 Å². The normalized spacial score (nSPS) is 21.1. The minimum atomic E-state index is -0.455. The van der Waals surface area contributed by atoms with Crippen molar-refractivity contribution >= 4 is 11.8 Å². The molecule has 0 radical (unpaired) electrons. The molecule has 0 heterocycles. The second-order valence-electron chi connectivity index (χ2n) is 5.50. The number of primary amides is 1. The Kier molecular flexibility index (Phi) is 5.75. The fraction of sp³-hybridized carbons (Fsp3) is 0.500. The van der Waals surface area contributed by atoms with Gasteiger partial charge in [0.1, 0.15) is 0 Å². The zero-order valence-corrected chi connectivity index (χ0v) is 12.4. The van der Waals surface area contributed by atoms with E-state index in [0.717, 1.165) is 19.3 Å². The number of amides is 2. The van der Waals surface area contributed by atoms with Crippen molar-refractivity contribution in [1.29, 1.82) is 0 Å². The molecule has 0 aromatic heterocycles. The molecule has 0 aliphatic heterocycles. The summed E-state index contributed by atoms with van der Waals surface area (Å²) >= 11 is 0. The highest BCUT2D eigenvalue weighted by molar-refractivity contribution is 5.80. The van der Waals surface area contributed by atoms with Crippen LogP contribution in [0.15, 0.2) is 24.3 Å². The van der Waals surface area contributed by atoms with Crippen LogP contribution in [0.3, 0.4) is 0 Å². The Hall–Kier alpha value is -2.11. The predicted octanol–water partition coefficient (Wildman–Crippen LogP) is 1.75. The van der Waals surface area contributed by atoms with Gasteiger partial charge in [-0.2, -0.15) is 0 Å². The zero-order valence-electron chi connectivity index (χ0n) is 12.4. The summed E-state index contributed by atoms with van der Waals surface area (Å²) in [6.45, 7) is 0.0841. The van der Waals surface area contributed by atoms with Gasteiger partial charge in [-0.1, -0.05) is 25.0 Å². The number of nitrogens with two attached hydrogens (primary N) is 1. The van der Waals surface area contributed by atoms with E-state index in [1.165, 1.54) is 12.1 Å². The highest BCUT2D eigenvalue weighted by atomic mass is 19.1. The van der Waals surface area contributed by atoms with Crippen LogP contribution in [-0.2, 0) is 9.59 Å². The third-order valence-corrected chi connectivity index (χ3v) is 3.90. The number of carbonyl (C=O) groups excluding carboxylic acids is 2. The first kappa shape index (κ1) is 16.3. The fourth-order valence-corrected chi connectivity index (χ4v) is 2.74. The van der Waals surface area contributed by atoms with E-state index in [9.17, 15) is 14.0 Å². The van der Waals surface area contributed by atoms with Crippen LogP contribution in [0.1, 0.15) is 32.1 Å². The zero-order chi connectivity index (χ0) is 15.9. The molecule has 22 heavy (non-hydrogen) atoms. The van der Waals surface area contributed by atoms with Gasteiger partial charge in [0.15, 0.2) is 11.6 Å². The maximum absolute atomic E-state index is 13.3. The van der Waals surface area contributed by atoms with Gasteiger partial charge >= 0.3 is 0 Å². The number of rotatable bonds is 6. The van der Waals surface area contributed by atoms with Gasteiger partial charge in [0.05, 0.1) is 18.9 Å². The average Bonchev–Trinajstić information content (AvgIpc) is 2.49. The van der Waals surface area contributed by atoms with E-state index in [-0.39, 0.29) is 42.6 Å². The SMILES string of the molecule is NC(=O)[C@H]1CCCC[C@@H]1NC(=O)CCOc1ccccc1F. The summed E-state index contributed by atoms with van der Waals surface area (Å²) < 4.78 is 18.6. The van der Waals surface area contributed by atoms with Gasteiger partial charge in [0.25, 0.3) is 0 Å². The Morgan fingerprint density at radius 3 is 2.73 bits per heavy atom. The Balaban J connectivity index is 1.78. The molecule has 0 bridgehead atoms. The van der Waals surface area contributed by atoms with Crippen molar-refractivity contribution < 1.29 is 18.7 Å². The van der Waals surface area contributed by atoms with Crippen molar-refractivity contribution in [2.45, 2.75) is 38.1 Å². The van der Waals surface area contributed by atoms with Gasteiger partial charge in [-0.25, -0.2) is 4.39 Å². The Morgan fingerprint density at radius 1 is 1.27 bits per heavy atom. The summed E-state index contributed by atoms with van der Waals surface area (Å²) in [4.78, 5) is 23.3. The topological polar surface area (TPSA) is 81.4 Å². The Labute approximate surface area is 129 Å². The molecule has 0 unspecified atom stereocenters. The molecule has 1 fully saturated rings. The quantitative estimate of drug-likeness (QED) is 0.840. The molecule has 1 aromatic rings. The lowest BCUT2D eigenvalue weighted by Crippen LogP contribution is -2.47. The minimum Gasteiger partial charge on any atom is -0.490 e. The number of hydrogen-bond donors (Lipinski definition) is 2. The summed E-state index contributed by atoms with van der Waals surface area (Å²) in [7, 11) is 0. The van der Waals surface area contributed by atoms with Crippen molar-refractivity contribution in [3.8, 4) is 5.75 Å². The largest absolute Gasteiger partial charge is 0.490 e. The molecule has 3 N–H and O–H groups in total. The second kappa shape index (κ2) is 7.77. The number of carbonyl (C=O) groups is 2. The molecular weight excluding hydrogens is 287 g/mol. The van der Waals surface area contributed by atoms with Crippen LogP contribution in [0.2, 0.25) is 0 Å². The highest BCUT2D eigenvalue weighted by Crippen LogP contribution is 2.24. The maximum Gasteiger partial charge on any atom is 0.223 e. The first-order valence-corrected chi connectivity index (χ1v) is 7.54. The van der Waals surface area contributed by atoms with Crippen LogP contribution in [0.4, 0.5) is 4.39 Å². The smallest absolute Gasteiger partial charge is 0.223 e. The number of nitrogens with one attached hydrogen (secondary N) is 1. The molecule has 120 valence electrons. The summed E-state index contributed by atoms with van der Waals surface area (Å²) in [6.07, 6.45) is 3.51. The molecular formula is C16H21FN2O3. The van der Waals surface area contributed by atoms with Crippen LogP contribution in [-0.4, -0.2) is 24.5 Å². The van der Waals surface area contributed by atoms with Crippen LogP contribution in [0.25, 0.3) is 0 Å². The molecule has 1 aromatic carbocycles. The number of ether oxygens (including phenoxy) is 1. The van der Waals surface area contributed by atoms with Crippen LogP contribution in [0, 0.1) is 11.7 Å². The van der Waals surface area contributed by atoms with E-state index in [4.69, 9.17) is 10.5 Å². The van der Waals surface area contributed by atoms with Crippen molar-refractivity contribution in [3.63, 3.8) is 0 Å². The lowest BCUT2D eigenvalue weighted by atomic mass is 9.84. The molecule has 5 nitrogen and oxygen atoms in total. The summed E-state index contributed by atoms with van der Waals surface area (Å²) in [5.41, 5.74) is 5.37. The van der Waals surface area contributed by atoms with Gasteiger partial charge in [0, 0.05) is 6.04 Å². The number of para-hydroxylation sites is 1. The number of hydrogen-bond acceptors (Lipinski definition) is 3. The van der Waals surface area contributed by atoms with Gasteiger partial charge in [-0.15, -0.1) is 0 Å². The van der Waals surface area contributed by atoms with Crippen molar-refractivity contribution in [1.82, 2.24) is 5.32 Å². The average molecular weight is 308 g/mol. The van der Waals surface area contributed by atoms with Crippen LogP contribution < -0.4 is 15.8 Å². The van der Waals surface area contributed by atoms with Gasteiger partial charge in [-0.05, 0) is 25.0 Å². The third-order valence-electron chi connectivity index (χ3n) is 3.90. The predicted molar refractivity (Wildman–Crippen MR) is 79.6 cm³/mol. The van der Waals surface area contributed by atoms with E-state index in [0.29, 0.717) is 6.42 Å². The van der Waals surface area contributed by atoms with Gasteiger partial charge in [-0.3, -0.25) is 9.59 Å². The fourth-order valence-electron chi connectivity index (χ4n) is 2.74. The third kappa shape index (κ3) is 4.44. The summed E-state index contributed by atoms with van der Waals surface area (Å²) in [5.74, 6) is -1.21. The minimum absolute atomic E-state index is 0.0841. The molecule has 6 heteroatoms. The molecule has 2 rings (SSSR count). The molecule has 1 aliphatic carbocycles. The Bertz CT molecular complexity index is 536. The molecule has 0 saturated heterocycles. The lowest BCUT2D eigenvalue weighted by molar-refractivity contribution is -0.126. The number of benzene rings is 1. The van der Waals surface area contributed by atoms with E-state index in [2.05, 4.69) is 5.32 Å². The maximum atomic E-state index is 13.3. The van der Waals surface area contributed by atoms with Crippen molar-refractivity contribution in [2.75, 3.05) is 6.61 Å². The Morgan fingerprint density at radius 2 is 2.00 bits per heavy atom. The van der Waals surface area contributed by atoms with Crippen LogP contribution >= 0.6 is 0 Å². The molecule has 1 aliphatic rings. The van der Waals surface area contributed by atoms with Crippen LogP contribution in [0.5, 0.6) is 5.75 Å². The second-order valence-corrected chi connectivity index (χ2v) is 5.50. The van der Waals surface area contributed by atoms with E-state index in [1.807, 2.05) is 0 Å². The van der Waals surface area contributed by atoms with Crippen molar-refractivity contribution in [2.24, 2.45) is 11.7 Å². The summed E-state index contributed by atoms with van der Waals surface area (Å²) in [6, 6.07) is 5.85. The molecule has 2 atom stereocenters. The number of halogens is 1. The summed E-state index contributed by atoms with van der Waals surface area (Å²) in [5, 5.41) is 2.84. The van der Waals surface area contributed by atoms with E-state index < -0.39 is 5.82 Å². The standard InChI is InChI=1S/C16H21FN2O3/c17-12-6-2-4-8-14(12)22-10-9-15(20)19-13-7-3-1-5-11(13)16(18)21/h2,4,6,8,11,13H,1,3,5,7,9-10H2,(H2,18,21)(H,19,20)/t11-,13-/m0/s1. The monoisotopic (exact) mass is 308 g/mol. The first-order chi connectivity index (χ1) is 10.6. The first-order valence-electron chi connectivity index (χ1n) is 7.54. The molecule has 2 amide bonds. The van der Waals surface area contributed by atoms with Gasteiger partial charge in [0.2, 0.25) is 11.8 Å². The van der Waals surface area contributed by atoms with E-state index in [1.54, 1.807) is 12.1 Å². The van der Waals surface area contributed by atoms with Gasteiger partial charge < -0.3 is 15.8 Å². The van der Waals surface area contributed by atoms with Crippen molar-refractivity contribution in [3.05, 3.63) is 30.1 Å². The molecule has 0 spiro atoms. The molecule has 1 saturated carbocycles. The lowest BCUT2D eigenvalue weighted by Gasteiger charge is -2.29. The highest BCUT2D eigenvalue weighted by Gasteiger charge is 2.30.